The lowest BCUT2D eigenvalue weighted by molar-refractivity contribution is 0.485. The first-order chi connectivity index (χ1) is 8.10. The molecule has 17 heavy (non-hydrogen) atoms. The standard InChI is InChI=1S/C12H15ClN2OS/c1-7-5-10(8(2)16-7)11(15-14)6-9-3-4-12(13)17-9/h3-5,11,15H,6,14H2,1-2H3. The molecule has 0 spiro atoms. The summed E-state index contributed by atoms with van der Waals surface area (Å²) in [6.07, 6.45) is 0.813. The Hall–Kier alpha value is -0.810. The maximum atomic E-state index is 5.92. The Morgan fingerprint density at radius 2 is 2.24 bits per heavy atom. The van der Waals surface area contributed by atoms with Gasteiger partial charge in [0.2, 0.25) is 0 Å². The Bertz CT molecular complexity index is 506. The predicted octanol–water partition coefficient (Wildman–Crippen LogP) is 3.36. The average Bonchev–Trinajstić information content (AvgIpc) is 2.82. The van der Waals surface area contributed by atoms with Gasteiger partial charge in [-0.05, 0) is 32.0 Å². The average molecular weight is 271 g/mol. The fourth-order valence-corrected chi connectivity index (χ4v) is 3.05. The van der Waals surface area contributed by atoms with Gasteiger partial charge in [0.15, 0.2) is 0 Å². The smallest absolute Gasteiger partial charge is 0.105 e. The zero-order valence-electron chi connectivity index (χ0n) is 9.79. The summed E-state index contributed by atoms with van der Waals surface area (Å²) in [6.45, 7) is 3.89. The van der Waals surface area contributed by atoms with Crippen LogP contribution < -0.4 is 11.3 Å². The van der Waals surface area contributed by atoms with E-state index >= 15 is 0 Å². The van der Waals surface area contributed by atoms with Crippen molar-refractivity contribution >= 4 is 22.9 Å². The van der Waals surface area contributed by atoms with Gasteiger partial charge in [-0.3, -0.25) is 11.3 Å². The van der Waals surface area contributed by atoms with E-state index in [-0.39, 0.29) is 6.04 Å². The molecule has 1 unspecified atom stereocenters. The molecule has 0 aliphatic heterocycles. The molecular formula is C12H15ClN2OS. The van der Waals surface area contributed by atoms with Crippen molar-refractivity contribution in [3.63, 3.8) is 0 Å². The number of furan rings is 1. The van der Waals surface area contributed by atoms with Crippen LogP contribution in [-0.2, 0) is 6.42 Å². The van der Waals surface area contributed by atoms with E-state index in [1.807, 2.05) is 32.0 Å². The van der Waals surface area contributed by atoms with Crippen LogP contribution in [0.3, 0.4) is 0 Å². The number of aryl methyl sites for hydroxylation is 2. The molecule has 2 heterocycles. The molecule has 0 fully saturated rings. The molecule has 3 nitrogen and oxygen atoms in total. The van der Waals surface area contributed by atoms with Crippen LogP contribution in [0, 0.1) is 13.8 Å². The zero-order chi connectivity index (χ0) is 12.4. The quantitative estimate of drug-likeness (QED) is 0.662. The first-order valence-electron chi connectivity index (χ1n) is 5.37. The van der Waals surface area contributed by atoms with Crippen molar-refractivity contribution in [1.82, 2.24) is 5.43 Å². The molecule has 0 aliphatic rings. The number of nitrogens with two attached hydrogens (primary N) is 1. The third-order valence-corrected chi connectivity index (χ3v) is 3.94. The van der Waals surface area contributed by atoms with Crippen molar-refractivity contribution in [2.45, 2.75) is 26.3 Å². The predicted molar refractivity (Wildman–Crippen MR) is 71.3 cm³/mol. The van der Waals surface area contributed by atoms with E-state index in [1.165, 1.54) is 4.88 Å². The van der Waals surface area contributed by atoms with Crippen LogP contribution in [0.15, 0.2) is 22.6 Å². The third-order valence-electron chi connectivity index (χ3n) is 2.69. The second kappa shape index (κ2) is 5.23. The summed E-state index contributed by atoms with van der Waals surface area (Å²) >= 11 is 7.49. The molecule has 0 aromatic carbocycles. The molecule has 0 aliphatic carbocycles. The van der Waals surface area contributed by atoms with E-state index in [4.69, 9.17) is 21.9 Å². The minimum absolute atomic E-state index is 0.0576. The van der Waals surface area contributed by atoms with E-state index < -0.39 is 0 Å². The molecular weight excluding hydrogens is 256 g/mol. The Labute approximate surface area is 110 Å². The molecule has 2 aromatic heterocycles. The monoisotopic (exact) mass is 270 g/mol. The van der Waals surface area contributed by atoms with E-state index in [1.54, 1.807) is 11.3 Å². The molecule has 0 saturated heterocycles. The van der Waals surface area contributed by atoms with Crippen LogP contribution >= 0.6 is 22.9 Å². The number of thiophene rings is 1. The SMILES string of the molecule is Cc1cc(C(Cc2ccc(Cl)s2)NN)c(C)o1. The number of hydrogen-bond donors (Lipinski definition) is 2. The zero-order valence-corrected chi connectivity index (χ0v) is 11.4. The van der Waals surface area contributed by atoms with E-state index in [0.29, 0.717) is 0 Å². The molecule has 0 saturated carbocycles. The molecule has 2 aromatic rings. The molecule has 1 atom stereocenters. The van der Waals surface area contributed by atoms with Crippen molar-refractivity contribution in [1.29, 1.82) is 0 Å². The van der Waals surface area contributed by atoms with Crippen LogP contribution in [0.1, 0.15) is 28.0 Å². The summed E-state index contributed by atoms with van der Waals surface area (Å²) in [4.78, 5) is 1.20. The summed E-state index contributed by atoms with van der Waals surface area (Å²) in [7, 11) is 0. The number of hydrazine groups is 1. The van der Waals surface area contributed by atoms with Gasteiger partial charge in [-0.2, -0.15) is 0 Å². The number of nitrogens with one attached hydrogen (secondary N) is 1. The normalized spacial score (nSPS) is 12.9. The van der Waals surface area contributed by atoms with Gasteiger partial charge >= 0.3 is 0 Å². The lowest BCUT2D eigenvalue weighted by atomic mass is 10.0. The van der Waals surface area contributed by atoms with Crippen LogP contribution in [0.5, 0.6) is 0 Å². The van der Waals surface area contributed by atoms with Crippen molar-refractivity contribution < 1.29 is 4.42 Å². The highest BCUT2D eigenvalue weighted by molar-refractivity contribution is 7.16. The number of halogens is 1. The summed E-state index contributed by atoms with van der Waals surface area (Å²) in [5.41, 5.74) is 3.94. The van der Waals surface area contributed by atoms with Gasteiger partial charge in [0.05, 0.1) is 10.4 Å². The minimum Gasteiger partial charge on any atom is -0.466 e. The van der Waals surface area contributed by atoms with Crippen LogP contribution in [0.2, 0.25) is 4.34 Å². The minimum atomic E-state index is 0.0576. The van der Waals surface area contributed by atoms with Crippen LogP contribution in [0.4, 0.5) is 0 Å². The third kappa shape index (κ3) is 2.90. The summed E-state index contributed by atoms with van der Waals surface area (Å²) in [5, 5.41) is 0. The number of hydrogen-bond acceptors (Lipinski definition) is 4. The van der Waals surface area contributed by atoms with E-state index in [0.717, 1.165) is 27.8 Å². The molecule has 0 radical (unpaired) electrons. The maximum absolute atomic E-state index is 5.92. The summed E-state index contributed by atoms with van der Waals surface area (Å²) in [6, 6.07) is 6.01. The van der Waals surface area contributed by atoms with Gasteiger partial charge in [0, 0.05) is 16.9 Å². The molecule has 3 N–H and O–H groups in total. The summed E-state index contributed by atoms with van der Waals surface area (Å²) < 4.78 is 6.32. The lowest BCUT2D eigenvalue weighted by Crippen LogP contribution is -2.29. The molecule has 0 bridgehead atoms. The largest absolute Gasteiger partial charge is 0.466 e. The Morgan fingerprint density at radius 3 is 2.71 bits per heavy atom. The van der Waals surface area contributed by atoms with E-state index in [2.05, 4.69) is 5.43 Å². The first-order valence-corrected chi connectivity index (χ1v) is 6.57. The van der Waals surface area contributed by atoms with Crippen molar-refractivity contribution in [3.8, 4) is 0 Å². The maximum Gasteiger partial charge on any atom is 0.105 e. The van der Waals surface area contributed by atoms with Crippen LogP contribution in [-0.4, -0.2) is 0 Å². The topological polar surface area (TPSA) is 51.2 Å². The molecule has 2 rings (SSSR count). The van der Waals surface area contributed by atoms with E-state index in [9.17, 15) is 0 Å². The van der Waals surface area contributed by atoms with Gasteiger partial charge in [0.1, 0.15) is 11.5 Å². The fraction of sp³-hybridized carbons (Fsp3) is 0.333. The van der Waals surface area contributed by atoms with Crippen molar-refractivity contribution in [2.24, 2.45) is 5.84 Å². The van der Waals surface area contributed by atoms with Gasteiger partial charge in [-0.1, -0.05) is 11.6 Å². The highest BCUT2D eigenvalue weighted by Gasteiger charge is 2.17. The van der Waals surface area contributed by atoms with Gasteiger partial charge in [-0.15, -0.1) is 11.3 Å². The highest BCUT2D eigenvalue weighted by Crippen LogP contribution is 2.28. The van der Waals surface area contributed by atoms with Crippen LogP contribution in [0.25, 0.3) is 0 Å². The highest BCUT2D eigenvalue weighted by atomic mass is 35.5. The van der Waals surface area contributed by atoms with Gasteiger partial charge < -0.3 is 4.42 Å². The Morgan fingerprint density at radius 1 is 1.47 bits per heavy atom. The van der Waals surface area contributed by atoms with Crippen molar-refractivity contribution in [2.75, 3.05) is 0 Å². The van der Waals surface area contributed by atoms with Gasteiger partial charge in [0.25, 0.3) is 0 Å². The van der Waals surface area contributed by atoms with Crippen molar-refractivity contribution in [3.05, 3.63) is 44.5 Å². The second-order valence-corrected chi connectivity index (χ2v) is 5.80. The lowest BCUT2D eigenvalue weighted by Gasteiger charge is -2.13. The number of rotatable bonds is 4. The first kappa shape index (κ1) is 12.6. The second-order valence-electron chi connectivity index (χ2n) is 4.00. The Balaban J connectivity index is 2.19. The summed E-state index contributed by atoms with van der Waals surface area (Å²) in [5.74, 6) is 7.43. The Kier molecular flexibility index (Phi) is 3.89. The molecule has 5 heteroatoms. The van der Waals surface area contributed by atoms with Gasteiger partial charge in [-0.25, -0.2) is 0 Å². The molecule has 92 valence electrons. The molecule has 0 amide bonds. The fourth-order valence-electron chi connectivity index (χ4n) is 1.92.